The molecular weight excluding hydrogens is 144 g/mol. The van der Waals surface area contributed by atoms with Crippen LogP contribution in [0.2, 0.25) is 0 Å². The summed E-state index contributed by atoms with van der Waals surface area (Å²) in [4.78, 5) is 0. The fourth-order valence-corrected chi connectivity index (χ4v) is 1.27. The molecule has 0 aromatic carbocycles. The van der Waals surface area contributed by atoms with Gasteiger partial charge in [-0.05, 0) is 38.2 Å². The fourth-order valence-electron chi connectivity index (χ4n) is 1.27. The van der Waals surface area contributed by atoms with Crippen molar-refractivity contribution in [3.63, 3.8) is 0 Å². The Balaban J connectivity index is 2.31. The standard InChI is InChI=1S/C12H17/c1-2-4-6-8-10-12-11-9-7-5-3-1/h1-2,5,9,11H,3-4,6,8,10,12H2/b2-1-,7-5?,11-9+. The molecule has 0 aromatic rings. The minimum absolute atomic E-state index is 1.03. The lowest BCUT2D eigenvalue weighted by Gasteiger charge is -1.95. The van der Waals surface area contributed by atoms with Crippen molar-refractivity contribution in [1.29, 1.82) is 0 Å². The summed E-state index contributed by atoms with van der Waals surface area (Å²) in [7, 11) is 0. The van der Waals surface area contributed by atoms with Gasteiger partial charge in [-0.3, -0.25) is 0 Å². The Bertz CT molecular complexity index is 172. The van der Waals surface area contributed by atoms with Crippen LogP contribution in [-0.2, 0) is 0 Å². The highest BCUT2D eigenvalue weighted by Gasteiger charge is 1.85. The molecule has 0 bridgehead atoms. The maximum atomic E-state index is 3.15. The Morgan fingerprint density at radius 3 is 2.58 bits per heavy atom. The van der Waals surface area contributed by atoms with E-state index >= 15 is 0 Å². The molecule has 0 atom stereocenters. The molecule has 0 N–H and O–H groups in total. The number of rotatable bonds is 0. The summed E-state index contributed by atoms with van der Waals surface area (Å²) in [5, 5.41) is 0. The van der Waals surface area contributed by atoms with Gasteiger partial charge in [0.1, 0.15) is 0 Å². The van der Waals surface area contributed by atoms with Gasteiger partial charge in [-0.1, -0.05) is 36.8 Å². The van der Waals surface area contributed by atoms with Crippen LogP contribution in [0, 0.1) is 6.08 Å². The van der Waals surface area contributed by atoms with Gasteiger partial charge in [0.05, 0.1) is 0 Å². The SMILES string of the molecule is [C]1=C\C/C=C\CCCCC/C=C/1. The molecule has 0 saturated carbocycles. The zero-order valence-corrected chi connectivity index (χ0v) is 7.63. The van der Waals surface area contributed by atoms with E-state index in [4.69, 9.17) is 0 Å². The van der Waals surface area contributed by atoms with Gasteiger partial charge >= 0.3 is 0 Å². The molecule has 0 saturated heterocycles. The lowest BCUT2D eigenvalue weighted by molar-refractivity contribution is 0.695. The fraction of sp³-hybridized carbons (Fsp3) is 0.500. The second-order valence-corrected chi connectivity index (χ2v) is 3.12. The Morgan fingerprint density at radius 1 is 0.833 bits per heavy atom. The van der Waals surface area contributed by atoms with Crippen LogP contribution in [-0.4, -0.2) is 0 Å². The summed E-state index contributed by atoms with van der Waals surface area (Å²) >= 11 is 0. The van der Waals surface area contributed by atoms with E-state index < -0.39 is 0 Å². The predicted molar refractivity (Wildman–Crippen MR) is 53.8 cm³/mol. The van der Waals surface area contributed by atoms with Gasteiger partial charge in [0.15, 0.2) is 0 Å². The Kier molecular flexibility index (Phi) is 5.35. The van der Waals surface area contributed by atoms with E-state index in [0.717, 1.165) is 6.42 Å². The van der Waals surface area contributed by atoms with E-state index in [9.17, 15) is 0 Å². The van der Waals surface area contributed by atoms with Crippen molar-refractivity contribution in [2.45, 2.75) is 38.5 Å². The second kappa shape index (κ2) is 6.90. The number of allylic oxidation sites excluding steroid dienone is 6. The van der Waals surface area contributed by atoms with Crippen LogP contribution >= 0.6 is 0 Å². The van der Waals surface area contributed by atoms with Gasteiger partial charge in [-0.25, -0.2) is 0 Å². The molecule has 0 fully saturated rings. The second-order valence-electron chi connectivity index (χ2n) is 3.12. The van der Waals surface area contributed by atoms with Gasteiger partial charge in [0.2, 0.25) is 0 Å². The summed E-state index contributed by atoms with van der Waals surface area (Å²) in [6, 6.07) is 0. The molecule has 0 spiro atoms. The van der Waals surface area contributed by atoms with Crippen molar-refractivity contribution >= 4 is 0 Å². The first kappa shape index (κ1) is 9.31. The number of hydrogen-bond acceptors (Lipinski definition) is 0. The normalized spacial score (nSPS) is 28.0. The Labute approximate surface area is 75.7 Å². The summed E-state index contributed by atoms with van der Waals surface area (Å²) < 4.78 is 0. The minimum atomic E-state index is 1.03. The average Bonchev–Trinajstić information content (AvgIpc) is 2.05. The van der Waals surface area contributed by atoms with Crippen molar-refractivity contribution in [3.8, 4) is 0 Å². The first-order chi connectivity index (χ1) is 6.00. The Morgan fingerprint density at radius 2 is 1.67 bits per heavy atom. The van der Waals surface area contributed by atoms with E-state index in [1.807, 2.05) is 6.08 Å². The monoisotopic (exact) mass is 161 g/mol. The lowest BCUT2D eigenvalue weighted by atomic mass is 10.1. The summed E-state index contributed by atoms with van der Waals surface area (Å²) in [6.45, 7) is 0. The average molecular weight is 161 g/mol. The maximum Gasteiger partial charge on any atom is -0.0160 e. The quantitative estimate of drug-likeness (QED) is 0.474. The van der Waals surface area contributed by atoms with Gasteiger partial charge < -0.3 is 0 Å². The molecule has 1 radical (unpaired) electrons. The van der Waals surface area contributed by atoms with E-state index in [2.05, 4.69) is 30.4 Å². The molecule has 0 amide bonds. The van der Waals surface area contributed by atoms with Crippen LogP contribution in [0.25, 0.3) is 0 Å². The van der Waals surface area contributed by atoms with Crippen molar-refractivity contribution in [1.82, 2.24) is 0 Å². The molecule has 1 aliphatic rings. The molecule has 0 unspecified atom stereocenters. The third-order valence-electron chi connectivity index (χ3n) is 1.99. The Hall–Kier alpha value is -0.780. The van der Waals surface area contributed by atoms with Crippen molar-refractivity contribution < 1.29 is 0 Å². The third-order valence-corrected chi connectivity index (χ3v) is 1.99. The van der Waals surface area contributed by atoms with Crippen LogP contribution < -0.4 is 0 Å². The topological polar surface area (TPSA) is 0 Å². The zero-order chi connectivity index (χ0) is 8.49. The third kappa shape index (κ3) is 4.95. The van der Waals surface area contributed by atoms with Gasteiger partial charge in [0.25, 0.3) is 0 Å². The lowest BCUT2D eigenvalue weighted by Crippen LogP contribution is -1.75. The first-order valence-electron chi connectivity index (χ1n) is 4.88. The molecule has 0 heterocycles. The highest BCUT2D eigenvalue weighted by atomic mass is 13.9. The van der Waals surface area contributed by atoms with E-state index in [1.54, 1.807) is 0 Å². The van der Waals surface area contributed by atoms with Crippen LogP contribution in [0.3, 0.4) is 0 Å². The van der Waals surface area contributed by atoms with Crippen LogP contribution in [0.4, 0.5) is 0 Å². The molecule has 0 heteroatoms. The molecular formula is C12H17. The molecule has 1 rings (SSSR count). The smallest absolute Gasteiger partial charge is 0.0160 e. The molecule has 0 nitrogen and oxygen atoms in total. The van der Waals surface area contributed by atoms with E-state index in [-0.39, 0.29) is 0 Å². The van der Waals surface area contributed by atoms with Gasteiger partial charge in [-0.2, -0.15) is 0 Å². The largest absolute Gasteiger partial charge is 0.0882 e. The molecule has 65 valence electrons. The van der Waals surface area contributed by atoms with Crippen molar-refractivity contribution in [2.75, 3.05) is 0 Å². The summed E-state index contributed by atoms with van der Waals surface area (Å²) in [5.74, 6) is 0. The highest BCUT2D eigenvalue weighted by molar-refractivity contribution is 4.99. The molecule has 1 aliphatic carbocycles. The molecule has 12 heavy (non-hydrogen) atoms. The summed E-state index contributed by atoms with van der Waals surface area (Å²) in [6.07, 6.45) is 21.5. The zero-order valence-electron chi connectivity index (χ0n) is 7.63. The maximum absolute atomic E-state index is 3.15. The summed E-state index contributed by atoms with van der Waals surface area (Å²) in [5.41, 5.74) is 0. The van der Waals surface area contributed by atoms with E-state index in [0.29, 0.717) is 0 Å². The van der Waals surface area contributed by atoms with Crippen molar-refractivity contribution in [3.05, 3.63) is 36.5 Å². The van der Waals surface area contributed by atoms with E-state index in [1.165, 1.54) is 32.1 Å². The van der Waals surface area contributed by atoms with Crippen LogP contribution in [0.15, 0.2) is 30.4 Å². The number of hydrogen-bond donors (Lipinski definition) is 0. The molecule has 0 aliphatic heterocycles. The minimum Gasteiger partial charge on any atom is -0.0882 e. The van der Waals surface area contributed by atoms with Gasteiger partial charge in [0, 0.05) is 0 Å². The van der Waals surface area contributed by atoms with Crippen molar-refractivity contribution in [2.24, 2.45) is 0 Å². The van der Waals surface area contributed by atoms with Crippen LogP contribution in [0.5, 0.6) is 0 Å². The van der Waals surface area contributed by atoms with Crippen LogP contribution in [0.1, 0.15) is 38.5 Å². The molecule has 0 aromatic heterocycles. The highest BCUT2D eigenvalue weighted by Crippen LogP contribution is 2.05. The predicted octanol–water partition coefficient (Wildman–Crippen LogP) is 3.81. The first-order valence-corrected chi connectivity index (χ1v) is 4.88. The van der Waals surface area contributed by atoms with Gasteiger partial charge in [-0.15, -0.1) is 0 Å².